The molecule has 2 rings (SSSR count). The van der Waals surface area contributed by atoms with Gasteiger partial charge in [0.2, 0.25) is 0 Å². The summed E-state index contributed by atoms with van der Waals surface area (Å²) in [4.78, 5) is 0. The van der Waals surface area contributed by atoms with Crippen molar-refractivity contribution < 1.29 is 4.74 Å². The fraction of sp³-hybridized carbons (Fsp3) is 0.733. The van der Waals surface area contributed by atoms with E-state index in [-0.39, 0.29) is 0 Å². The summed E-state index contributed by atoms with van der Waals surface area (Å²) < 4.78 is 6.10. The van der Waals surface area contributed by atoms with E-state index in [1.807, 2.05) is 0 Å². The minimum atomic E-state index is 0.304. The molecule has 90 valence electrons. The predicted molar refractivity (Wildman–Crippen MR) is 68.4 cm³/mol. The van der Waals surface area contributed by atoms with Crippen molar-refractivity contribution >= 4 is 0 Å². The van der Waals surface area contributed by atoms with Crippen molar-refractivity contribution in [3.63, 3.8) is 0 Å². The van der Waals surface area contributed by atoms with Crippen molar-refractivity contribution in [2.45, 2.75) is 59.2 Å². The Balaban J connectivity index is 2.06. The molecule has 0 bridgehead atoms. The summed E-state index contributed by atoms with van der Waals surface area (Å²) in [6, 6.07) is 0. The van der Waals surface area contributed by atoms with Gasteiger partial charge in [0.25, 0.3) is 0 Å². The van der Waals surface area contributed by atoms with Crippen LogP contribution >= 0.6 is 0 Å². The van der Waals surface area contributed by atoms with E-state index in [4.69, 9.17) is 4.74 Å². The number of ether oxygens (including phenoxy) is 1. The van der Waals surface area contributed by atoms with E-state index >= 15 is 0 Å². The summed E-state index contributed by atoms with van der Waals surface area (Å²) >= 11 is 0. The first-order chi connectivity index (χ1) is 7.56. The summed E-state index contributed by atoms with van der Waals surface area (Å²) in [7, 11) is 0. The molecule has 0 aromatic carbocycles. The van der Waals surface area contributed by atoms with Gasteiger partial charge in [-0.1, -0.05) is 30.2 Å². The average Bonchev–Trinajstić information content (AvgIpc) is 2.15. The van der Waals surface area contributed by atoms with Crippen LogP contribution in [-0.2, 0) is 4.74 Å². The van der Waals surface area contributed by atoms with Crippen molar-refractivity contribution in [1.82, 2.24) is 0 Å². The molecule has 1 heterocycles. The molecule has 1 heteroatoms. The molecule has 0 saturated heterocycles. The third-order valence-electron chi connectivity index (χ3n) is 4.00. The molecule has 0 saturated carbocycles. The Hall–Kier alpha value is -0.560. The minimum absolute atomic E-state index is 0.304. The topological polar surface area (TPSA) is 9.23 Å². The molecule has 1 nitrogen and oxygen atoms in total. The van der Waals surface area contributed by atoms with E-state index in [9.17, 15) is 0 Å². The first-order valence-electron chi connectivity index (χ1n) is 6.56. The monoisotopic (exact) mass is 220 g/mol. The van der Waals surface area contributed by atoms with E-state index in [0.717, 1.165) is 12.3 Å². The van der Waals surface area contributed by atoms with Gasteiger partial charge in [-0.2, -0.15) is 0 Å². The molecule has 0 spiro atoms. The third-order valence-corrected chi connectivity index (χ3v) is 4.00. The van der Waals surface area contributed by atoms with Gasteiger partial charge in [-0.05, 0) is 51.9 Å². The van der Waals surface area contributed by atoms with Gasteiger partial charge in [-0.15, -0.1) is 0 Å². The lowest BCUT2D eigenvalue weighted by Gasteiger charge is -2.37. The summed E-state index contributed by atoms with van der Waals surface area (Å²) in [5, 5.41) is 0. The Morgan fingerprint density at radius 2 is 1.88 bits per heavy atom. The van der Waals surface area contributed by atoms with Crippen molar-refractivity contribution in [1.29, 1.82) is 0 Å². The number of allylic oxidation sites excluding steroid dienone is 2. The highest BCUT2D eigenvalue weighted by molar-refractivity contribution is 5.12. The third kappa shape index (κ3) is 2.57. The average molecular weight is 220 g/mol. The molecule has 0 aromatic rings. The van der Waals surface area contributed by atoms with Crippen LogP contribution in [0.15, 0.2) is 23.3 Å². The molecule has 0 N–H and O–H groups in total. The van der Waals surface area contributed by atoms with Gasteiger partial charge in [0, 0.05) is 0 Å². The molecule has 0 radical (unpaired) electrons. The van der Waals surface area contributed by atoms with Crippen LogP contribution in [0.5, 0.6) is 0 Å². The number of rotatable bonds is 1. The maximum absolute atomic E-state index is 6.10. The van der Waals surface area contributed by atoms with E-state index in [1.165, 1.54) is 18.4 Å². The molecule has 4 atom stereocenters. The van der Waals surface area contributed by atoms with Crippen molar-refractivity contribution in [2.24, 2.45) is 11.8 Å². The maximum Gasteiger partial charge on any atom is 0.0734 e. The molecular weight excluding hydrogens is 196 g/mol. The molecule has 16 heavy (non-hydrogen) atoms. The summed E-state index contributed by atoms with van der Waals surface area (Å²) in [5.74, 6) is 1.40. The van der Waals surface area contributed by atoms with E-state index in [2.05, 4.69) is 39.8 Å². The van der Waals surface area contributed by atoms with Crippen LogP contribution in [0.25, 0.3) is 0 Å². The lowest BCUT2D eigenvalue weighted by atomic mass is 9.76. The summed E-state index contributed by atoms with van der Waals surface area (Å²) in [6.45, 7) is 8.99. The normalized spacial score (nSPS) is 40.2. The van der Waals surface area contributed by atoms with E-state index in [1.54, 1.807) is 5.57 Å². The second-order valence-electron chi connectivity index (χ2n) is 5.67. The predicted octanol–water partition coefficient (Wildman–Crippen LogP) is 4.10. The number of hydrogen-bond donors (Lipinski definition) is 0. The highest BCUT2D eigenvalue weighted by Crippen LogP contribution is 2.36. The lowest BCUT2D eigenvalue weighted by molar-refractivity contribution is -0.0357. The highest BCUT2D eigenvalue weighted by Gasteiger charge is 2.31. The molecule has 4 unspecified atom stereocenters. The van der Waals surface area contributed by atoms with E-state index < -0.39 is 0 Å². The molecule has 1 aliphatic carbocycles. The van der Waals surface area contributed by atoms with Gasteiger partial charge in [0.05, 0.1) is 12.2 Å². The van der Waals surface area contributed by atoms with Gasteiger partial charge < -0.3 is 4.74 Å². The molecule has 0 amide bonds. The van der Waals surface area contributed by atoms with Gasteiger partial charge in [-0.25, -0.2) is 0 Å². The molecule has 0 fully saturated rings. The first-order valence-corrected chi connectivity index (χ1v) is 6.56. The van der Waals surface area contributed by atoms with Gasteiger partial charge in [0.1, 0.15) is 0 Å². The van der Waals surface area contributed by atoms with Crippen LogP contribution in [0, 0.1) is 11.8 Å². The Labute approximate surface area is 99.6 Å². The minimum Gasteiger partial charge on any atom is -0.371 e. The smallest absolute Gasteiger partial charge is 0.0734 e. The zero-order chi connectivity index (χ0) is 11.7. The Morgan fingerprint density at radius 3 is 2.50 bits per heavy atom. The lowest BCUT2D eigenvalue weighted by Crippen LogP contribution is -2.35. The summed E-state index contributed by atoms with van der Waals surface area (Å²) in [6.07, 6.45) is 9.13. The Morgan fingerprint density at radius 1 is 1.12 bits per heavy atom. The van der Waals surface area contributed by atoms with Crippen LogP contribution in [0.3, 0.4) is 0 Å². The fourth-order valence-corrected chi connectivity index (χ4v) is 3.24. The first kappa shape index (κ1) is 11.9. The number of hydrogen-bond acceptors (Lipinski definition) is 1. The van der Waals surface area contributed by atoms with Gasteiger partial charge >= 0.3 is 0 Å². The van der Waals surface area contributed by atoms with Crippen LogP contribution in [0.4, 0.5) is 0 Å². The largest absolute Gasteiger partial charge is 0.371 e. The molecule has 2 aliphatic rings. The van der Waals surface area contributed by atoms with Crippen molar-refractivity contribution in [2.75, 3.05) is 0 Å². The van der Waals surface area contributed by atoms with Crippen molar-refractivity contribution in [3.05, 3.63) is 23.3 Å². The van der Waals surface area contributed by atoms with Gasteiger partial charge in [-0.3, -0.25) is 0 Å². The van der Waals surface area contributed by atoms with Crippen LogP contribution in [0.1, 0.15) is 47.0 Å². The fourth-order valence-electron chi connectivity index (χ4n) is 3.24. The summed E-state index contributed by atoms with van der Waals surface area (Å²) in [5.41, 5.74) is 3.06. The van der Waals surface area contributed by atoms with Crippen LogP contribution < -0.4 is 0 Å². The second kappa shape index (κ2) is 4.75. The van der Waals surface area contributed by atoms with E-state index in [0.29, 0.717) is 18.1 Å². The SMILES string of the molecule is CC1=CC(C)C(C2CC(C)=CC(C)O2)CC1. The van der Waals surface area contributed by atoms with Crippen LogP contribution in [0.2, 0.25) is 0 Å². The highest BCUT2D eigenvalue weighted by atomic mass is 16.5. The Bertz CT molecular complexity index is 313. The van der Waals surface area contributed by atoms with Crippen molar-refractivity contribution in [3.8, 4) is 0 Å². The molecule has 1 aliphatic heterocycles. The second-order valence-corrected chi connectivity index (χ2v) is 5.67. The zero-order valence-electron chi connectivity index (χ0n) is 11.0. The zero-order valence-corrected chi connectivity index (χ0v) is 11.0. The quantitative estimate of drug-likeness (QED) is 0.604. The molecule has 0 aromatic heterocycles. The Kier molecular flexibility index (Phi) is 3.53. The van der Waals surface area contributed by atoms with Gasteiger partial charge in [0.15, 0.2) is 0 Å². The standard InChI is InChI=1S/C15H24O/c1-10-5-6-14(12(3)7-10)15-9-11(2)8-13(4)16-15/h7-8,12-15H,5-6,9H2,1-4H3. The maximum atomic E-state index is 6.10. The molecular formula is C15H24O. The van der Waals surface area contributed by atoms with Crippen LogP contribution in [-0.4, -0.2) is 12.2 Å².